The van der Waals surface area contributed by atoms with E-state index in [2.05, 4.69) is 6.92 Å². The molecule has 0 spiro atoms. The summed E-state index contributed by atoms with van der Waals surface area (Å²) in [6.45, 7) is 6.73. The zero-order valence-corrected chi connectivity index (χ0v) is 16.1. The molecular weight excluding hydrogens is 334 g/mol. The van der Waals surface area contributed by atoms with Crippen molar-refractivity contribution in [3.8, 4) is 5.75 Å². The first-order valence-electron chi connectivity index (χ1n) is 9.47. The van der Waals surface area contributed by atoms with Crippen molar-refractivity contribution >= 4 is 11.7 Å². The van der Waals surface area contributed by atoms with Gasteiger partial charge in [0, 0.05) is 5.69 Å². The molecule has 148 valence electrons. The molecule has 1 rings (SSSR count). The smallest absolute Gasteiger partial charge is 0.308 e. The third kappa shape index (κ3) is 10.3. The molecule has 0 saturated heterocycles. The van der Waals surface area contributed by atoms with Crippen LogP contribution in [0.1, 0.15) is 39.5 Å². The second-order valence-corrected chi connectivity index (χ2v) is 6.06. The summed E-state index contributed by atoms with van der Waals surface area (Å²) in [5.41, 5.74) is 6.32. The third-order valence-electron chi connectivity index (χ3n) is 3.95. The molecule has 0 aliphatic carbocycles. The van der Waals surface area contributed by atoms with E-state index in [1.54, 1.807) is 12.1 Å². The van der Waals surface area contributed by atoms with E-state index in [1.807, 2.05) is 19.1 Å². The quantitative estimate of drug-likeness (QED) is 0.291. The van der Waals surface area contributed by atoms with Gasteiger partial charge in [0.15, 0.2) is 0 Å². The number of carbonyl (C=O) groups excluding carboxylic acids is 1. The van der Waals surface area contributed by atoms with Crippen LogP contribution in [0, 0.1) is 5.92 Å². The molecule has 0 aromatic heterocycles. The number of carbonyl (C=O) groups is 1. The van der Waals surface area contributed by atoms with Crippen molar-refractivity contribution in [3.05, 3.63) is 24.3 Å². The average Bonchev–Trinajstić information content (AvgIpc) is 2.65. The highest BCUT2D eigenvalue weighted by atomic mass is 16.6. The number of anilines is 1. The molecule has 0 bridgehead atoms. The Kier molecular flexibility index (Phi) is 12.3. The summed E-state index contributed by atoms with van der Waals surface area (Å²) < 4.78 is 21.6. The number of hydrogen-bond acceptors (Lipinski definition) is 6. The Morgan fingerprint density at radius 3 is 2.19 bits per heavy atom. The van der Waals surface area contributed by atoms with Gasteiger partial charge < -0.3 is 24.7 Å². The van der Waals surface area contributed by atoms with Gasteiger partial charge in [0.25, 0.3) is 0 Å². The second kappa shape index (κ2) is 14.4. The first-order chi connectivity index (χ1) is 12.7. The predicted molar refractivity (Wildman–Crippen MR) is 102 cm³/mol. The van der Waals surface area contributed by atoms with Crippen LogP contribution in [0.5, 0.6) is 5.75 Å². The van der Waals surface area contributed by atoms with Gasteiger partial charge in [-0.3, -0.25) is 4.79 Å². The standard InChI is InChI=1S/C20H33NO5/c1-3-5-6-17(4-2)20(22)26-16-14-24-12-11-23-13-15-25-19-9-7-18(21)8-10-19/h7-10,17H,3-6,11-16,21H2,1-2H3. The number of rotatable bonds is 15. The number of ether oxygens (including phenoxy) is 4. The summed E-state index contributed by atoms with van der Waals surface area (Å²) in [6.07, 6.45) is 3.88. The average molecular weight is 367 g/mol. The number of nitrogen functional groups attached to an aromatic ring is 1. The summed E-state index contributed by atoms with van der Waals surface area (Å²) in [5.74, 6) is 0.671. The molecule has 1 aromatic rings. The highest BCUT2D eigenvalue weighted by Gasteiger charge is 2.16. The highest BCUT2D eigenvalue weighted by Crippen LogP contribution is 2.14. The van der Waals surface area contributed by atoms with Crippen LogP contribution in [0.15, 0.2) is 24.3 Å². The molecule has 6 nitrogen and oxygen atoms in total. The van der Waals surface area contributed by atoms with E-state index >= 15 is 0 Å². The molecule has 0 heterocycles. The number of unbranched alkanes of at least 4 members (excludes halogenated alkanes) is 1. The summed E-state index contributed by atoms with van der Waals surface area (Å²) in [5, 5.41) is 0. The van der Waals surface area contributed by atoms with Gasteiger partial charge in [-0.05, 0) is 37.1 Å². The Labute approximate surface area is 156 Å². The van der Waals surface area contributed by atoms with Gasteiger partial charge in [0.2, 0.25) is 0 Å². The molecule has 1 aromatic carbocycles. The number of benzene rings is 1. The van der Waals surface area contributed by atoms with Crippen molar-refractivity contribution in [2.45, 2.75) is 39.5 Å². The minimum absolute atomic E-state index is 0.0133. The van der Waals surface area contributed by atoms with Crippen molar-refractivity contribution < 1.29 is 23.7 Å². The lowest BCUT2D eigenvalue weighted by Gasteiger charge is -2.13. The molecule has 6 heteroatoms. The highest BCUT2D eigenvalue weighted by molar-refractivity contribution is 5.72. The topological polar surface area (TPSA) is 80.0 Å². The maximum Gasteiger partial charge on any atom is 0.308 e. The van der Waals surface area contributed by atoms with E-state index in [0.29, 0.717) is 45.3 Å². The molecule has 1 atom stereocenters. The minimum Gasteiger partial charge on any atom is -0.491 e. The van der Waals surface area contributed by atoms with Crippen LogP contribution in [0.3, 0.4) is 0 Å². The molecule has 0 fully saturated rings. The maximum absolute atomic E-state index is 11.9. The van der Waals surface area contributed by atoms with Gasteiger partial charge in [-0.25, -0.2) is 0 Å². The molecular formula is C20H33NO5. The molecule has 0 aliphatic rings. The Balaban J connectivity index is 1.92. The van der Waals surface area contributed by atoms with E-state index in [1.165, 1.54) is 0 Å². The summed E-state index contributed by atoms with van der Waals surface area (Å²) >= 11 is 0. The van der Waals surface area contributed by atoms with Gasteiger partial charge in [-0.15, -0.1) is 0 Å². The maximum atomic E-state index is 11.9. The number of nitrogens with two attached hydrogens (primary N) is 1. The first-order valence-corrected chi connectivity index (χ1v) is 9.47. The van der Waals surface area contributed by atoms with Crippen molar-refractivity contribution in [3.63, 3.8) is 0 Å². The molecule has 1 unspecified atom stereocenters. The fraction of sp³-hybridized carbons (Fsp3) is 0.650. The summed E-state index contributed by atoms with van der Waals surface area (Å²) in [7, 11) is 0. The van der Waals surface area contributed by atoms with Crippen LogP contribution in [0.4, 0.5) is 5.69 Å². The van der Waals surface area contributed by atoms with Crippen LogP contribution in [-0.4, -0.2) is 45.6 Å². The molecule has 0 aliphatic heterocycles. The first kappa shape index (κ1) is 22.3. The van der Waals surface area contributed by atoms with Gasteiger partial charge in [0.05, 0.1) is 32.3 Å². The van der Waals surface area contributed by atoms with Gasteiger partial charge in [-0.2, -0.15) is 0 Å². The Hall–Kier alpha value is -1.79. The van der Waals surface area contributed by atoms with Gasteiger partial charge in [0.1, 0.15) is 19.0 Å². The fourth-order valence-electron chi connectivity index (χ4n) is 2.36. The predicted octanol–water partition coefficient (Wildman–Crippen LogP) is 3.44. The monoisotopic (exact) mass is 367 g/mol. The normalized spacial score (nSPS) is 11.9. The second-order valence-electron chi connectivity index (χ2n) is 6.06. The summed E-state index contributed by atoms with van der Waals surface area (Å²) in [4.78, 5) is 11.9. The van der Waals surface area contributed by atoms with E-state index < -0.39 is 0 Å². The van der Waals surface area contributed by atoms with Crippen LogP contribution in [0.2, 0.25) is 0 Å². The Morgan fingerprint density at radius 2 is 1.58 bits per heavy atom. The van der Waals surface area contributed by atoms with Crippen LogP contribution in [-0.2, 0) is 19.0 Å². The van der Waals surface area contributed by atoms with Crippen molar-refractivity contribution in [2.24, 2.45) is 5.92 Å². The zero-order valence-electron chi connectivity index (χ0n) is 16.1. The molecule has 26 heavy (non-hydrogen) atoms. The van der Waals surface area contributed by atoms with Crippen molar-refractivity contribution in [1.82, 2.24) is 0 Å². The van der Waals surface area contributed by atoms with Gasteiger partial charge in [-0.1, -0.05) is 26.7 Å². The van der Waals surface area contributed by atoms with E-state index in [0.717, 1.165) is 31.4 Å². The Morgan fingerprint density at radius 1 is 0.962 bits per heavy atom. The van der Waals surface area contributed by atoms with Crippen LogP contribution < -0.4 is 10.5 Å². The zero-order chi connectivity index (χ0) is 19.0. The lowest BCUT2D eigenvalue weighted by atomic mass is 10.00. The molecule has 0 amide bonds. The van der Waals surface area contributed by atoms with Crippen LogP contribution >= 0.6 is 0 Å². The SMILES string of the molecule is CCCCC(CC)C(=O)OCCOCCOCCOc1ccc(N)cc1. The van der Waals surface area contributed by atoms with Crippen LogP contribution in [0.25, 0.3) is 0 Å². The van der Waals surface area contributed by atoms with Crippen molar-refractivity contribution in [1.29, 1.82) is 0 Å². The minimum atomic E-state index is -0.111. The largest absolute Gasteiger partial charge is 0.491 e. The van der Waals surface area contributed by atoms with Gasteiger partial charge >= 0.3 is 5.97 Å². The fourth-order valence-corrected chi connectivity index (χ4v) is 2.36. The van der Waals surface area contributed by atoms with E-state index in [4.69, 9.17) is 24.7 Å². The van der Waals surface area contributed by atoms with E-state index in [9.17, 15) is 4.79 Å². The number of hydrogen-bond donors (Lipinski definition) is 1. The van der Waals surface area contributed by atoms with Crippen molar-refractivity contribution in [2.75, 3.05) is 45.4 Å². The Bertz CT molecular complexity index is 478. The molecule has 2 N–H and O–H groups in total. The lowest BCUT2D eigenvalue weighted by Crippen LogP contribution is -2.20. The lowest BCUT2D eigenvalue weighted by molar-refractivity contribution is -0.150. The number of esters is 1. The third-order valence-corrected chi connectivity index (χ3v) is 3.95. The van der Waals surface area contributed by atoms with E-state index in [-0.39, 0.29) is 11.9 Å². The molecule has 0 saturated carbocycles. The summed E-state index contributed by atoms with van der Waals surface area (Å²) in [6, 6.07) is 7.24. The molecule has 0 radical (unpaired) electrons.